The van der Waals surface area contributed by atoms with Crippen molar-refractivity contribution in [3.05, 3.63) is 54.4 Å². The number of likely N-dealkylation sites (tertiary alicyclic amines) is 1. The van der Waals surface area contributed by atoms with Gasteiger partial charge in [0, 0.05) is 26.1 Å². The van der Waals surface area contributed by atoms with Crippen molar-refractivity contribution in [3.8, 4) is 0 Å². The van der Waals surface area contributed by atoms with E-state index in [0.29, 0.717) is 18.0 Å². The van der Waals surface area contributed by atoms with Gasteiger partial charge in [-0.05, 0) is 31.2 Å². The Morgan fingerprint density at radius 1 is 1.24 bits per heavy atom. The van der Waals surface area contributed by atoms with Crippen LogP contribution in [0.15, 0.2) is 53.8 Å². The Kier molecular flexibility index (Phi) is 6.68. The summed E-state index contributed by atoms with van der Waals surface area (Å²) in [5.41, 5.74) is 1.35. The summed E-state index contributed by atoms with van der Waals surface area (Å²) in [7, 11) is 1.83. The van der Waals surface area contributed by atoms with Crippen LogP contribution < -0.4 is 5.32 Å². The zero-order valence-corrected chi connectivity index (χ0v) is 19.6. The van der Waals surface area contributed by atoms with Crippen molar-refractivity contribution in [2.75, 3.05) is 12.3 Å². The van der Waals surface area contributed by atoms with Crippen molar-refractivity contribution >= 4 is 34.7 Å². The molecule has 1 aromatic carbocycles. The Morgan fingerprint density at radius 2 is 1.97 bits per heavy atom. The lowest BCUT2D eigenvalue weighted by Gasteiger charge is -2.34. The SMILES string of the molecule is C[C@@H]1CCC[N+]1(C(=O)CSc1nc2ccccc2n1C)C(=O)NC(c1ccccn1)C(F)(F)F. The van der Waals surface area contributed by atoms with Crippen LogP contribution in [0.2, 0.25) is 0 Å². The number of aromatic nitrogens is 3. The highest BCUT2D eigenvalue weighted by molar-refractivity contribution is 7.99. The van der Waals surface area contributed by atoms with E-state index in [1.54, 1.807) is 6.92 Å². The molecule has 1 aliphatic rings. The first-order valence-electron chi connectivity index (χ1n) is 10.9. The Labute approximate surface area is 198 Å². The van der Waals surface area contributed by atoms with Gasteiger partial charge in [0.05, 0.1) is 23.3 Å². The fraction of sp³-hybridized carbons (Fsp3) is 0.391. The molecule has 2 aromatic heterocycles. The van der Waals surface area contributed by atoms with Crippen LogP contribution in [0, 0.1) is 0 Å². The van der Waals surface area contributed by atoms with Crippen LogP contribution in [0.1, 0.15) is 31.5 Å². The number of quaternary nitrogens is 1. The summed E-state index contributed by atoms with van der Waals surface area (Å²) in [6.45, 7) is 1.88. The van der Waals surface area contributed by atoms with E-state index in [1.807, 2.05) is 35.9 Å². The number of rotatable bonds is 5. The number of para-hydroxylation sites is 2. The molecule has 34 heavy (non-hydrogen) atoms. The summed E-state index contributed by atoms with van der Waals surface area (Å²) in [5, 5.41) is 2.69. The molecule has 1 fully saturated rings. The first-order valence-corrected chi connectivity index (χ1v) is 11.9. The number of aryl methyl sites for hydroxylation is 1. The number of halogens is 3. The molecule has 0 bridgehead atoms. The Hall–Kier alpha value is -2.92. The van der Waals surface area contributed by atoms with Crippen molar-refractivity contribution in [2.45, 2.75) is 43.2 Å². The molecule has 2 unspecified atom stereocenters. The lowest BCUT2D eigenvalue weighted by Crippen LogP contribution is -2.64. The summed E-state index contributed by atoms with van der Waals surface area (Å²) in [6, 6.07) is 7.96. The number of pyridine rings is 1. The second kappa shape index (κ2) is 9.38. The molecular weight excluding hydrogens is 467 g/mol. The molecule has 1 saturated heterocycles. The average Bonchev–Trinajstić information content (AvgIpc) is 3.36. The van der Waals surface area contributed by atoms with Gasteiger partial charge in [-0.2, -0.15) is 17.7 Å². The first-order chi connectivity index (χ1) is 16.1. The van der Waals surface area contributed by atoms with Crippen LogP contribution in [-0.4, -0.2) is 55.5 Å². The van der Waals surface area contributed by atoms with Gasteiger partial charge in [-0.15, -0.1) is 0 Å². The fourth-order valence-electron chi connectivity index (χ4n) is 4.47. The van der Waals surface area contributed by atoms with Gasteiger partial charge in [-0.25, -0.2) is 14.6 Å². The lowest BCUT2D eigenvalue weighted by molar-refractivity contribution is -0.784. The van der Waals surface area contributed by atoms with Crippen molar-refractivity contribution in [1.29, 1.82) is 0 Å². The molecule has 0 aliphatic carbocycles. The number of hydrogen-bond donors (Lipinski definition) is 1. The van der Waals surface area contributed by atoms with E-state index in [-0.39, 0.29) is 18.0 Å². The van der Waals surface area contributed by atoms with E-state index in [9.17, 15) is 22.8 Å². The average molecular weight is 493 g/mol. The minimum absolute atomic E-state index is 0.0881. The molecule has 7 nitrogen and oxygen atoms in total. The normalized spacial score (nSPS) is 21.5. The molecular formula is C23H25F3N5O2S+. The van der Waals surface area contributed by atoms with Crippen LogP contribution in [0.5, 0.6) is 0 Å². The third kappa shape index (κ3) is 4.41. The molecule has 11 heteroatoms. The van der Waals surface area contributed by atoms with Gasteiger partial charge in [-0.3, -0.25) is 10.3 Å². The second-order valence-electron chi connectivity index (χ2n) is 8.39. The Balaban J connectivity index is 1.57. The third-order valence-electron chi connectivity index (χ3n) is 6.34. The van der Waals surface area contributed by atoms with Crippen molar-refractivity contribution in [1.82, 2.24) is 19.9 Å². The predicted molar refractivity (Wildman–Crippen MR) is 122 cm³/mol. The topological polar surface area (TPSA) is 76.9 Å². The summed E-state index contributed by atoms with van der Waals surface area (Å²) >= 11 is 1.18. The van der Waals surface area contributed by atoms with E-state index in [0.717, 1.165) is 11.0 Å². The first kappa shape index (κ1) is 24.2. The zero-order chi connectivity index (χ0) is 24.5. The minimum Gasteiger partial charge on any atom is -0.322 e. The summed E-state index contributed by atoms with van der Waals surface area (Å²) in [5.74, 6) is -0.531. The van der Waals surface area contributed by atoms with Gasteiger partial charge in [0.2, 0.25) is 0 Å². The maximum atomic E-state index is 13.8. The van der Waals surface area contributed by atoms with Gasteiger partial charge in [0.25, 0.3) is 0 Å². The van der Waals surface area contributed by atoms with Crippen LogP contribution in [0.4, 0.5) is 18.0 Å². The monoisotopic (exact) mass is 492 g/mol. The van der Waals surface area contributed by atoms with E-state index in [1.165, 1.54) is 36.2 Å². The number of nitrogens with one attached hydrogen (secondary N) is 1. The molecule has 3 amide bonds. The molecule has 3 heterocycles. The molecule has 0 saturated carbocycles. The zero-order valence-electron chi connectivity index (χ0n) is 18.7. The van der Waals surface area contributed by atoms with Crippen LogP contribution in [0.25, 0.3) is 11.0 Å². The molecule has 0 radical (unpaired) electrons. The number of carbonyl (C=O) groups is 2. The number of benzene rings is 1. The maximum absolute atomic E-state index is 13.8. The lowest BCUT2D eigenvalue weighted by atomic mass is 10.1. The number of urea groups is 1. The molecule has 4 rings (SSSR count). The number of amides is 3. The molecule has 0 spiro atoms. The van der Waals surface area contributed by atoms with Crippen LogP contribution in [-0.2, 0) is 11.8 Å². The molecule has 3 atom stereocenters. The smallest absolute Gasteiger partial charge is 0.322 e. The van der Waals surface area contributed by atoms with E-state index in [2.05, 4.69) is 15.3 Å². The number of nitrogens with zero attached hydrogens (tertiary/aromatic N) is 4. The summed E-state index contributed by atoms with van der Waals surface area (Å²) in [4.78, 5) is 35.1. The molecule has 1 aliphatic heterocycles. The number of hydrogen-bond acceptors (Lipinski definition) is 5. The van der Waals surface area contributed by atoms with E-state index >= 15 is 0 Å². The van der Waals surface area contributed by atoms with Gasteiger partial charge in [0.1, 0.15) is 11.8 Å². The van der Waals surface area contributed by atoms with Crippen molar-refractivity contribution in [2.24, 2.45) is 7.05 Å². The summed E-state index contributed by atoms with van der Waals surface area (Å²) in [6.07, 6.45) is -2.39. The molecule has 1 N–H and O–H groups in total. The Morgan fingerprint density at radius 3 is 2.59 bits per heavy atom. The number of thioether (sulfide) groups is 1. The number of imidazole rings is 1. The standard InChI is InChI=1S/C23H24F3N5O2S/c1-15-8-7-13-31(15,22(33)29-20(23(24,25)26)17-10-5-6-12-27-17)19(32)14-34-21-28-16-9-3-4-11-18(16)30(21)2/h3-6,9-12,15,20H,7-8,13-14H2,1-2H3/p+1/t15-,20?,31?/m1/s1. The van der Waals surface area contributed by atoms with Gasteiger partial charge in [0.15, 0.2) is 11.2 Å². The highest BCUT2D eigenvalue weighted by Crippen LogP contribution is 2.35. The quantitative estimate of drug-likeness (QED) is 0.416. The number of imide groups is 1. The van der Waals surface area contributed by atoms with Crippen LogP contribution >= 0.6 is 11.8 Å². The van der Waals surface area contributed by atoms with E-state index < -0.39 is 34.7 Å². The highest BCUT2D eigenvalue weighted by Gasteiger charge is 2.55. The van der Waals surface area contributed by atoms with E-state index in [4.69, 9.17) is 0 Å². The maximum Gasteiger partial charge on any atom is 0.425 e. The number of alkyl halides is 3. The predicted octanol–water partition coefficient (Wildman–Crippen LogP) is 4.60. The van der Waals surface area contributed by atoms with Gasteiger partial charge >= 0.3 is 18.1 Å². The van der Waals surface area contributed by atoms with Gasteiger partial charge < -0.3 is 4.57 Å². The van der Waals surface area contributed by atoms with Crippen molar-refractivity contribution in [3.63, 3.8) is 0 Å². The highest BCUT2D eigenvalue weighted by atomic mass is 32.2. The van der Waals surface area contributed by atoms with Crippen LogP contribution in [0.3, 0.4) is 0 Å². The minimum atomic E-state index is -4.76. The summed E-state index contributed by atoms with van der Waals surface area (Å²) < 4.78 is 42.7. The van der Waals surface area contributed by atoms with Gasteiger partial charge in [-0.1, -0.05) is 30.0 Å². The molecule has 3 aromatic rings. The van der Waals surface area contributed by atoms with Crippen molar-refractivity contribution < 1.29 is 27.2 Å². The second-order valence-corrected chi connectivity index (χ2v) is 9.33. The Bertz CT molecular complexity index is 1200. The third-order valence-corrected chi connectivity index (χ3v) is 7.36. The molecule has 180 valence electrons. The number of fused-ring (bicyclic) bond motifs is 1. The fourth-order valence-corrected chi connectivity index (χ4v) is 5.40. The number of carbonyl (C=O) groups excluding carboxylic acids is 2. The largest absolute Gasteiger partial charge is 0.425 e.